The average Bonchev–Trinajstić information content (AvgIpc) is 3.03. The summed E-state index contributed by atoms with van der Waals surface area (Å²) in [5.74, 6) is -0.587. The molecule has 0 radical (unpaired) electrons. The van der Waals surface area contributed by atoms with Crippen LogP contribution in [-0.4, -0.2) is 40.7 Å². The molecule has 0 aliphatic rings. The van der Waals surface area contributed by atoms with Crippen LogP contribution in [0.15, 0.2) is 54.6 Å². The van der Waals surface area contributed by atoms with Crippen LogP contribution in [0.2, 0.25) is 0 Å². The monoisotopic (exact) mass is 355 g/mol. The summed E-state index contributed by atoms with van der Waals surface area (Å²) in [6, 6.07) is 18.2. The Hall–Kier alpha value is -2.74. The van der Waals surface area contributed by atoms with Gasteiger partial charge in [-0.05, 0) is 11.6 Å². The molecule has 0 saturated carbocycles. The van der Waals surface area contributed by atoms with E-state index in [-0.39, 0.29) is 13.2 Å². The Morgan fingerprint density at radius 2 is 1.77 bits per heavy atom. The van der Waals surface area contributed by atoms with Crippen molar-refractivity contribution in [3.8, 4) is 0 Å². The summed E-state index contributed by atoms with van der Waals surface area (Å²) in [5, 5.41) is 14.1. The van der Waals surface area contributed by atoms with Gasteiger partial charge < -0.3 is 9.47 Å². The van der Waals surface area contributed by atoms with Gasteiger partial charge in [0.15, 0.2) is 0 Å². The van der Waals surface area contributed by atoms with Crippen LogP contribution in [0.3, 0.4) is 0 Å². The standard InChI is InChI=1S/C19H21N3O4/c23-19(21-24)14-26-11-10-25-13-17-16-8-4-5-9-18(16)22(20-17)12-15-6-2-1-3-7-15/h1-9,24H,10-14H2,(H,21,23). The second-order valence-corrected chi connectivity index (χ2v) is 5.75. The molecular weight excluding hydrogens is 334 g/mol. The van der Waals surface area contributed by atoms with Gasteiger partial charge in [0.25, 0.3) is 5.91 Å². The second kappa shape index (κ2) is 9.10. The number of hydrogen-bond acceptors (Lipinski definition) is 5. The minimum Gasteiger partial charge on any atom is -0.373 e. The molecule has 0 atom stereocenters. The summed E-state index contributed by atoms with van der Waals surface area (Å²) < 4.78 is 12.7. The van der Waals surface area contributed by atoms with E-state index in [2.05, 4.69) is 12.1 Å². The van der Waals surface area contributed by atoms with Gasteiger partial charge >= 0.3 is 0 Å². The molecule has 0 aliphatic heterocycles. The van der Waals surface area contributed by atoms with Crippen molar-refractivity contribution in [3.05, 3.63) is 65.9 Å². The van der Waals surface area contributed by atoms with Gasteiger partial charge in [-0.3, -0.25) is 14.7 Å². The average molecular weight is 355 g/mol. The molecule has 1 heterocycles. The molecule has 0 aliphatic carbocycles. The molecule has 136 valence electrons. The summed E-state index contributed by atoms with van der Waals surface area (Å²) >= 11 is 0. The van der Waals surface area contributed by atoms with E-state index in [1.807, 2.05) is 47.1 Å². The lowest BCUT2D eigenvalue weighted by molar-refractivity contribution is -0.134. The topological polar surface area (TPSA) is 85.6 Å². The normalized spacial score (nSPS) is 11.0. The number of para-hydroxylation sites is 1. The predicted molar refractivity (Wildman–Crippen MR) is 95.7 cm³/mol. The molecule has 0 fully saturated rings. The third-order valence-corrected chi connectivity index (χ3v) is 3.88. The lowest BCUT2D eigenvalue weighted by atomic mass is 10.2. The van der Waals surface area contributed by atoms with Gasteiger partial charge in [-0.15, -0.1) is 0 Å². The zero-order valence-electron chi connectivity index (χ0n) is 14.3. The van der Waals surface area contributed by atoms with Crippen LogP contribution in [0.4, 0.5) is 0 Å². The Balaban J connectivity index is 1.61. The highest BCUT2D eigenvalue weighted by Crippen LogP contribution is 2.20. The van der Waals surface area contributed by atoms with Gasteiger partial charge in [-0.2, -0.15) is 5.10 Å². The minimum absolute atomic E-state index is 0.200. The van der Waals surface area contributed by atoms with Gasteiger partial charge in [0.1, 0.15) is 6.61 Å². The highest BCUT2D eigenvalue weighted by Gasteiger charge is 2.10. The molecule has 26 heavy (non-hydrogen) atoms. The number of benzene rings is 2. The fourth-order valence-corrected chi connectivity index (χ4v) is 2.66. The number of carbonyl (C=O) groups excluding carboxylic acids is 1. The molecule has 2 aromatic carbocycles. The van der Waals surface area contributed by atoms with E-state index >= 15 is 0 Å². The number of hydroxylamine groups is 1. The molecule has 3 rings (SSSR count). The van der Waals surface area contributed by atoms with Crippen molar-refractivity contribution in [1.82, 2.24) is 15.3 Å². The maximum atomic E-state index is 10.8. The van der Waals surface area contributed by atoms with Crippen LogP contribution < -0.4 is 5.48 Å². The van der Waals surface area contributed by atoms with Crippen molar-refractivity contribution in [1.29, 1.82) is 0 Å². The number of rotatable bonds is 9. The maximum Gasteiger partial charge on any atom is 0.269 e. The highest BCUT2D eigenvalue weighted by atomic mass is 16.5. The fraction of sp³-hybridized carbons (Fsp3) is 0.263. The number of ether oxygens (including phenoxy) is 2. The van der Waals surface area contributed by atoms with E-state index in [4.69, 9.17) is 19.8 Å². The summed E-state index contributed by atoms with van der Waals surface area (Å²) in [6.45, 7) is 1.45. The first-order chi connectivity index (χ1) is 12.8. The maximum absolute atomic E-state index is 10.8. The van der Waals surface area contributed by atoms with E-state index in [1.165, 1.54) is 11.0 Å². The van der Waals surface area contributed by atoms with Crippen LogP contribution in [0.25, 0.3) is 10.9 Å². The van der Waals surface area contributed by atoms with Crippen LogP contribution in [0.5, 0.6) is 0 Å². The summed E-state index contributed by atoms with van der Waals surface area (Å²) in [4.78, 5) is 10.8. The summed E-state index contributed by atoms with van der Waals surface area (Å²) in [6.07, 6.45) is 0. The van der Waals surface area contributed by atoms with Gasteiger partial charge in [-0.1, -0.05) is 48.5 Å². The van der Waals surface area contributed by atoms with Crippen LogP contribution in [0, 0.1) is 0 Å². The number of nitrogens with zero attached hydrogens (tertiary/aromatic N) is 2. The zero-order valence-corrected chi connectivity index (χ0v) is 14.3. The molecule has 0 spiro atoms. The van der Waals surface area contributed by atoms with Gasteiger partial charge in [0.2, 0.25) is 0 Å². The first-order valence-electron chi connectivity index (χ1n) is 8.34. The molecular formula is C19H21N3O4. The number of amides is 1. The molecule has 0 saturated heterocycles. The molecule has 2 N–H and O–H groups in total. The van der Waals surface area contributed by atoms with E-state index in [0.717, 1.165) is 16.6 Å². The first-order valence-corrected chi connectivity index (χ1v) is 8.34. The lowest BCUT2D eigenvalue weighted by Gasteiger charge is -2.04. The van der Waals surface area contributed by atoms with Crippen molar-refractivity contribution >= 4 is 16.8 Å². The van der Waals surface area contributed by atoms with Crippen LogP contribution >= 0.6 is 0 Å². The third kappa shape index (κ3) is 4.66. The third-order valence-electron chi connectivity index (χ3n) is 3.88. The van der Waals surface area contributed by atoms with E-state index in [9.17, 15) is 4.79 Å². The van der Waals surface area contributed by atoms with Crippen molar-refractivity contribution in [2.24, 2.45) is 0 Å². The Morgan fingerprint density at radius 1 is 1.04 bits per heavy atom. The summed E-state index contributed by atoms with van der Waals surface area (Å²) in [7, 11) is 0. The largest absolute Gasteiger partial charge is 0.373 e. The van der Waals surface area contributed by atoms with Crippen LogP contribution in [0.1, 0.15) is 11.3 Å². The Morgan fingerprint density at radius 3 is 2.58 bits per heavy atom. The Labute approximate surface area is 151 Å². The number of aromatic nitrogens is 2. The highest BCUT2D eigenvalue weighted by molar-refractivity contribution is 5.81. The molecule has 3 aromatic rings. The smallest absolute Gasteiger partial charge is 0.269 e. The van der Waals surface area contributed by atoms with E-state index in [0.29, 0.717) is 19.8 Å². The fourth-order valence-electron chi connectivity index (χ4n) is 2.66. The summed E-state index contributed by atoms with van der Waals surface area (Å²) in [5.41, 5.74) is 4.62. The Kier molecular flexibility index (Phi) is 6.32. The molecule has 0 bridgehead atoms. The number of hydrogen-bond donors (Lipinski definition) is 2. The molecule has 7 heteroatoms. The van der Waals surface area contributed by atoms with Gasteiger partial charge in [-0.25, -0.2) is 5.48 Å². The SMILES string of the molecule is O=C(COCCOCc1nn(Cc2ccccc2)c2ccccc12)NO. The van der Waals surface area contributed by atoms with Gasteiger partial charge in [0.05, 0.1) is 37.6 Å². The second-order valence-electron chi connectivity index (χ2n) is 5.75. The predicted octanol–water partition coefficient (Wildman–Crippen LogP) is 2.12. The van der Waals surface area contributed by atoms with E-state index in [1.54, 1.807) is 0 Å². The molecule has 0 unspecified atom stereocenters. The van der Waals surface area contributed by atoms with E-state index < -0.39 is 5.91 Å². The minimum atomic E-state index is -0.587. The molecule has 1 amide bonds. The molecule has 7 nitrogen and oxygen atoms in total. The first kappa shape index (κ1) is 18.1. The van der Waals surface area contributed by atoms with Crippen molar-refractivity contribution in [2.75, 3.05) is 19.8 Å². The quantitative estimate of drug-likeness (QED) is 0.349. The van der Waals surface area contributed by atoms with Crippen molar-refractivity contribution in [3.63, 3.8) is 0 Å². The number of nitrogens with one attached hydrogen (secondary N) is 1. The van der Waals surface area contributed by atoms with Gasteiger partial charge in [0, 0.05) is 5.39 Å². The number of fused-ring (bicyclic) bond motifs is 1. The van der Waals surface area contributed by atoms with Crippen LogP contribution in [-0.2, 0) is 27.4 Å². The Bertz CT molecular complexity index is 848. The van der Waals surface area contributed by atoms with Crippen molar-refractivity contribution in [2.45, 2.75) is 13.2 Å². The lowest BCUT2D eigenvalue weighted by Crippen LogP contribution is -2.24. The van der Waals surface area contributed by atoms with Crippen molar-refractivity contribution < 1.29 is 19.5 Å². The zero-order chi connectivity index (χ0) is 18.2. The number of carbonyl (C=O) groups is 1. The molecule has 1 aromatic heterocycles.